The first-order chi connectivity index (χ1) is 16.5. The highest BCUT2D eigenvalue weighted by Gasteiger charge is 2.34. The number of esters is 1. The van der Waals surface area contributed by atoms with Crippen LogP contribution in [-0.2, 0) is 16.0 Å². The molecule has 0 aliphatic heterocycles. The van der Waals surface area contributed by atoms with Crippen LogP contribution in [0, 0.1) is 0 Å². The number of unbranched alkanes of at least 4 members (excludes halogenated alkanes) is 4. The zero-order valence-corrected chi connectivity index (χ0v) is 21.0. The number of fused-ring (bicyclic) bond motifs is 1. The van der Waals surface area contributed by atoms with Crippen molar-refractivity contribution in [3.63, 3.8) is 0 Å². The smallest absolute Gasteiger partial charge is 0.349 e. The van der Waals surface area contributed by atoms with E-state index in [4.69, 9.17) is 18.9 Å². The van der Waals surface area contributed by atoms with Gasteiger partial charge in [-0.25, -0.2) is 4.79 Å². The maximum atomic E-state index is 12.1. The van der Waals surface area contributed by atoms with E-state index < -0.39 is 5.60 Å². The topological polar surface area (TPSA) is 64.8 Å². The molecule has 184 valence electrons. The lowest BCUT2D eigenvalue weighted by atomic mass is 10.0. The quantitative estimate of drug-likeness (QED) is 0.198. The number of benzene rings is 2. The van der Waals surface area contributed by atoms with E-state index in [1.54, 1.807) is 6.92 Å². The van der Waals surface area contributed by atoms with Gasteiger partial charge in [0, 0.05) is 13.1 Å². The molecule has 1 atom stereocenters. The molecule has 0 bridgehead atoms. The summed E-state index contributed by atoms with van der Waals surface area (Å²) in [5.74, 6) is 0.289. The number of aromatic nitrogens is 1. The molecule has 0 aliphatic rings. The largest absolute Gasteiger partial charge is 0.476 e. The average Bonchev–Trinajstić information content (AvgIpc) is 3.30. The van der Waals surface area contributed by atoms with Crippen molar-refractivity contribution in [2.75, 3.05) is 25.1 Å². The van der Waals surface area contributed by atoms with E-state index in [9.17, 15) is 4.79 Å². The Morgan fingerprint density at radius 1 is 1.00 bits per heavy atom. The van der Waals surface area contributed by atoms with Gasteiger partial charge in [-0.05, 0) is 56.0 Å². The second-order valence-corrected chi connectivity index (χ2v) is 8.94. The molecule has 1 heterocycles. The molecule has 34 heavy (non-hydrogen) atoms. The van der Waals surface area contributed by atoms with Crippen LogP contribution in [0.5, 0.6) is 5.75 Å². The molecular weight excluding hydrogens is 428 g/mol. The van der Waals surface area contributed by atoms with Crippen LogP contribution in [0.4, 0.5) is 6.01 Å². The lowest BCUT2D eigenvalue weighted by Crippen LogP contribution is -2.41. The Morgan fingerprint density at radius 2 is 1.74 bits per heavy atom. The van der Waals surface area contributed by atoms with E-state index in [0.717, 1.165) is 37.0 Å². The summed E-state index contributed by atoms with van der Waals surface area (Å²) in [6, 6.07) is 16.5. The number of oxazole rings is 1. The zero-order valence-electron chi connectivity index (χ0n) is 21.0. The first kappa shape index (κ1) is 25.6. The predicted octanol–water partition coefficient (Wildman–Crippen LogP) is 6.57. The molecule has 3 rings (SSSR count). The molecule has 0 N–H and O–H groups in total. The molecular formula is C28H38N2O4. The standard InChI is InChI=1S/C28H38N2O4/c1-5-7-8-9-12-20-30(27-29-24-13-10-11-14-25(24)33-27)21-19-22-15-17-23(18-16-22)34-28(3,6-2)26(31)32-4/h10-11,13-18H,5-9,12,19-21H2,1-4H3/t28-/m1/s1. The molecule has 6 nitrogen and oxygen atoms in total. The van der Waals surface area contributed by atoms with Crippen molar-refractivity contribution in [1.82, 2.24) is 4.98 Å². The Labute approximate surface area is 203 Å². The maximum Gasteiger partial charge on any atom is 0.349 e. The fourth-order valence-electron chi connectivity index (χ4n) is 3.93. The predicted molar refractivity (Wildman–Crippen MR) is 136 cm³/mol. The second kappa shape index (κ2) is 12.4. The van der Waals surface area contributed by atoms with Crippen LogP contribution < -0.4 is 9.64 Å². The van der Waals surface area contributed by atoms with Crippen molar-refractivity contribution in [3.8, 4) is 5.75 Å². The lowest BCUT2D eigenvalue weighted by molar-refractivity contribution is -0.157. The van der Waals surface area contributed by atoms with Crippen LogP contribution in [0.25, 0.3) is 11.1 Å². The van der Waals surface area contributed by atoms with Crippen LogP contribution in [0.15, 0.2) is 52.9 Å². The molecule has 1 aromatic heterocycles. The van der Waals surface area contributed by atoms with E-state index in [2.05, 4.69) is 11.8 Å². The first-order valence-electron chi connectivity index (χ1n) is 12.5. The fourth-order valence-corrected chi connectivity index (χ4v) is 3.93. The molecule has 0 unspecified atom stereocenters. The highest BCUT2D eigenvalue weighted by atomic mass is 16.6. The van der Waals surface area contributed by atoms with Gasteiger partial charge in [-0.3, -0.25) is 0 Å². The number of ether oxygens (including phenoxy) is 2. The summed E-state index contributed by atoms with van der Waals surface area (Å²) in [6.07, 6.45) is 7.51. The van der Waals surface area contributed by atoms with Gasteiger partial charge in [0.15, 0.2) is 5.58 Å². The average molecular weight is 467 g/mol. The van der Waals surface area contributed by atoms with Crippen LogP contribution in [0.3, 0.4) is 0 Å². The minimum Gasteiger partial charge on any atom is -0.476 e. The van der Waals surface area contributed by atoms with Gasteiger partial charge >= 0.3 is 5.97 Å². The second-order valence-electron chi connectivity index (χ2n) is 8.94. The summed E-state index contributed by atoms with van der Waals surface area (Å²) in [7, 11) is 1.38. The van der Waals surface area contributed by atoms with Crippen molar-refractivity contribution in [2.45, 2.75) is 71.3 Å². The SMILES string of the molecule is CCCCCCCN(CCc1ccc(O[C@](C)(CC)C(=O)OC)cc1)c1nc2ccccc2o1. The number of carbonyl (C=O) groups excluding carboxylic acids is 1. The van der Waals surface area contributed by atoms with Gasteiger partial charge in [0.2, 0.25) is 5.60 Å². The number of carbonyl (C=O) groups is 1. The Bertz CT molecular complexity index is 997. The van der Waals surface area contributed by atoms with Crippen LogP contribution >= 0.6 is 0 Å². The first-order valence-corrected chi connectivity index (χ1v) is 12.5. The molecule has 6 heteroatoms. The van der Waals surface area contributed by atoms with E-state index >= 15 is 0 Å². The van der Waals surface area contributed by atoms with Gasteiger partial charge < -0.3 is 18.8 Å². The summed E-state index contributed by atoms with van der Waals surface area (Å²) < 4.78 is 16.9. The molecule has 0 spiro atoms. The third-order valence-electron chi connectivity index (χ3n) is 6.31. The van der Waals surface area contributed by atoms with Crippen molar-refractivity contribution in [1.29, 1.82) is 0 Å². The van der Waals surface area contributed by atoms with Gasteiger partial charge in [0.1, 0.15) is 11.3 Å². The molecule has 3 aromatic rings. The Kier molecular flexibility index (Phi) is 9.37. The van der Waals surface area contributed by atoms with Crippen molar-refractivity contribution >= 4 is 23.1 Å². The number of hydrogen-bond donors (Lipinski definition) is 0. The van der Waals surface area contributed by atoms with E-state index in [-0.39, 0.29) is 5.97 Å². The number of para-hydroxylation sites is 2. The van der Waals surface area contributed by atoms with E-state index in [0.29, 0.717) is 18.2 Å². The summed E-state index contributed by atoms with van der Waals surface area (Å²) in [4.78, 5) is 19.1. The Morgan fingerprint density at radius 3 is 2.41 bits per heavy atom. The van der Waals surface area contributed by atoms with E-state index in [1.165, 1.54) is 38.4 Å². The minimum absolute atomic E-state index is 0.369. The monoisotopic (exact) mass is 466 g/mol. The van der Waals surface area contributed by atoms with Crippen molar-refractivity contribution in [2.24, 2.45) is 0 Å². The van der Waals surface area contributed by atoms with Gasteiger partial charge in [-0.15, -0.1) is 0 Å². The number of nitrogens with zero attached hydrogens (tertiary/aromatic N) is 2. The summed E-state index contributed by atoms with van der Waals surface area (Å²) in [6.45, 7) is 7.64. The lowest BCUT2D eigenvalue weighted by Gasteiger charge is -2.26. The molecule has 0 amide bonds. The third-order valence-corrected chi connectivity index (χ3v) is 6.31. The summed E-state index contributed by atoms with van der Waals surface area (Å²) >= 11 is 0. The number of anilines is 1. The van der Waals surface area contributed by atoms with Crippen LogP contribution in [0.1, 0.15) is 64.9 Å². The molecule has 0 saturated heterocycles. The highest BCUT2D eigenvalue weighted by Crippen LogP contribution is 2.25. The fraction of sp³-hybridized carbons (Fsp3) is 0.500. The molecule has 2 aromatic carbocycles. The number of hydrogen-bond acceptors (Lipinski definition) is 6. The van der Waals surface area contributed by atoms with E-state index in [1.807, 2.05) is 55.5 Å². The van der Waals surface area contributed by atoms with Gasteiger partial charge in [-0.2, -0.15) is 4.98 Å². The molecule has 0 fully saturated rings. The summed E-state index contributed by atoms with van der Waals surface area (Å²) in [5, 5.41) is 0. The minimum atomic E-state index is -0.988. The third kappa shape index (κ3) is 6.75. The molecule has 0 aliphatic carbocycles. The van der Waals surface area contributed by atoms with Gasteiger partial charge in [-0.1, -0.05) is 63.8 Å². The molecule has 0 saturated carbocycles. The highest BCUT2D eigenvalue weighted by molar-refractivity contribution is 5.79. The maximum absolute atomic E-state index is 12.1. The molecule has 0 radical (unpaired) electrons. The van der Waals surface area contributed by atoms with Gasteiger partial charge in [0.05, 0.1) is 7.11 Å². The Hall–Kier alpha value is -3.02. The van der Waals surface area contributed by atoms with Crippen molar-refractivity contribution in [3.05, 3.63) is 54.1 Å². The summed E-state index contributed by atoms with van der Waals surface area (Å²) in [5.41, 5.74) is 1.91. The van der Waals surface area contributed by atoms with Gasteiger partial charge in [0.25, 0.3) is 6.01 Å². The van der Waals surface area contributed by atoms with Crippen LogP contribution in [-0.4, -0.2) is 36.8 Å². The Balaban J connectivity index is 1.65. The normalized spacial score (nSPS) is 12.9. The van der Waals surface area contributed by atoms with Crippen molar-refractivity contribution < 1.29 is 18.7 Å². The number of rotatable bonds is 14. The zero-order chi connectivity index (χ0) is 24.4. The van der Waals surface area contributed by atoms with Crippen LogP contribution in [0.2, 0.25) is 0 Å². The number of methoxy groups -OCH3 is 1.